The van der Waals surface area contributed by atoms with E-state index in [1.54, 1.807) is 0 Å². The lowest BCUT2D eigenvalue weighted by atomic mass is 9.74. The summed E-state index contributed by atoms with van der Waals surface area (Å²) in [7, 11) is 4.03. The van der Waals surface area contributed by atoms with Crippen LogP contribution in [0.2, 0.25) is 0 Å². The number of carbonyl (C=O) groups excluding carboxylic acids is 1. The van der Waals surface area contributed by atoms with Gasteiger partial charge >= 0.3 is 5.97 Å². The normalized spacial score (nSPS) is 24.3. The van der Waals surface area contributed by atoms with Crippen LogP contribution in [0.15, 0.2) is 36.4 Å². The summed E-state index contributed by atoms with van der Waals surface area (Å²) in [6.45, 7) is 6.16. The molecule has 0 aliphatic carbocycles. The van der Waals surface area contributed by atoms with Gasteiger partial charge in [0.2, 0.25) is 0 Å². The number of nitrogens with zero attached hydrogens (tertiary/aromatic N) is 2. The predicted octanol–water partition coefficient (Wildman–Crippen LogP) is 5.99. The topological polar surface area (TPSA) is 57.8 Å². The number of hydrogen-bond acceptors (Lipinski definition) is 5. The number of aryl methyl sites for hydroxylation is 1. The van der Waals surface area contributed by atoms with Crippen molar-refractivity contribution < 1.29 is 14.3 Å². The Labute approximate surface area is 213 Å². The summed E-state index contributed by atoms with van der Waals surface area (Å²) < 4.78 is 13.0. The van der Waals surface area contributed by atoms with Crippen LogP contribution in [-0.4, -0.2) is 48.8 Å². The van der Waals surface area contributed by atoms with Crippen LogP contribution in [0.3, 0.4) is 0 Å². The zero-order chi connectivity index (χ0) is 25.0. The molecule has 1 N–H and O–H groups in total. The maximum atomic E-state index is 13.6. The number of anilines is 1. The molecule has 2 saturated heterocycles. The molecule has 3 aliphatic rings. The first-order valence-corrected chi connectivity index (χ1v) is 13.4. The Kier molecular flexibility index (Phi) is 5.75. The van der Waals surface area contributed by atoms with Crippen molar-refractivity contribution >= 4 is 22.6 Å². The summed E-state index contributed by atoms with van der Waals surface area (Å²) in [5.74, 6) is 1.11. The average molecular weight is 488 g/mol. The molecule has 3 aromatic rings. The molecular weight excluding hydrogens is 450 g/mol. The van der Waals surface area contributed by atoms with E-state index in [1.807, 2.05) is 40.1 Å². The van der Waals surface area contributed by atoms with Crippen LogP contribution in [0.4, 0.5) is 5.69 Å². The van der Waals surface area contributed by atoms with Crippen molar-refractivity contribution in [1.29, 1.82) is 0 Å². The molecule has 3 unspecified atom stereocenters. The lowest BCUT2D eigenvalue weighted by Crippen LogP contribution is -2.64. The molecule has 0 saturated carbocycles. The molecule has 3 atom stereocenters. The predicted molar refractivity (Wildman–Crippen MR) is 143 cm³/mol. The van der Waals surface area contributed by atoms with E-state index in [1.165, 1.54) is 25.7 Å². The molecule has 36 heavy (non-hydrogen) atoms. The van der Waals surface area contributed by atoms with Crippen molar-refractivity contribution in [3.63, 3.8) is 0 Å². The van der Waals surface area contributed by atoms with Gasteiger partial charge in [-0.1, -0.05) is 12.1 Å². The van der Waals surface area contributed by atoms with Gasteiger partial charge in [-0.05, 0) is 75.8 Å². The zero-order valence-electron chi connectivity index (χ0n) is 21.9. The van der Waals surface area contributed by atoms with Gasteiger partial charge in [0, 0.05) is 67.4 Å². The third kappa shape index (κ3) is 3.69. The molecule has 0 bridgehead atoms. The highest BCUT2D eigenvalue weighted by Crippen LogP contribution is 2.50. The Bertz CT molecular complexity index is 1310. The van der Waals surface area contributed by atoms with Crippen LogP contribution in [0.5, 0.6) is 5.75 Å². The van der Waals surface area contributed by atoms with Crippen molar-refractivity contribution in [3.8, 4) is 5.75 Å². The lowest BCUT2D eigenvalue weighted by molar-refractivity contribution is -0.177. The molecular formula is C30H37N3O3. The number of fused-ring (bicyclic) bond motifs is 3. The van der Waals surface area contributed by atoms with Gasteiger partial charge in [-0.15, -0.1) is 0 Å². The Hall–Kier alpha value is -2.99. The van der Waals surface area contributed by atoms with Gasteiger partial charge in [-0.25, -0.2) is 4.79 Å². The number of hydrogen-bond donors (Lipinski definition) is 1. The Morgan fingerprint density at radius 2 is 2.03 bits per heavy atom. The lowest BCUT2D eigenvalue weighted by Gasteiger charge is -2.56. The molecule has 1 spiro atoms. The van der Waals surface area contributed by atoms with Gasteiger partial charge in [0.1, 0.15) is 11.9 Å². The van der Waals surface area contributed by atoms with Gasteiger partial charge in [0.15, 0.2) is 5.72 Å². The second-order valence-corrected chi connectivity index (χ2v) is 11.1. The molecule has 4 heterocycles. The number of benzene rings is 2. The van der Waals surface area contributed by atoms with E-state index in [0.717, 1.165) is 65.1 Å². The van der Waals surface area contributed by atoms with Crippen LogP contribution in [0, 0.1) is 12.8 Å². The summed E-state index contributed by atoms with van der Waals surface area (Å²) in [5, 5.41) is 0.979. The molecule has 6 rings (SSSR count). The fraction of sp³-hybridized carbons (Fsp3) is 0.500. The monoisotopic (exact) mass is 487 g/mol. The number of piperidine rings is 2. The summed E-state index contributed by atoms with van der Waals surface area (Å²) >= 11 is 0. The second-order valence-electron chi connectivity index (χ2n) is 11.1. The molecule has 2 fully saturated rings. The van der Waals surface area contributed by atoms with E-state index < -0.39 is 0 Å². The molecule has 6 nitrogen and oxygen atoms in total. The third-order valence-electron chi connectivity index (χ3n) is 8.67. The first-order chi connectivity index (χ1) is 17.4. The van der Waals surface area contributed by atoms with E-state index in [0.29, 0.717) is 11.5 Å². The number of esters is 1. The quantitative estimate of drug-likeness (QED) is 0.458. The van der Waals surface area contributed by atoms with Crippen LogP contribution < -0.4 is 9.64 Å². The Morgan fingerprint density at radius 1 is 1.19 bits per heavy atom. The van der Waals surface area contributed by atoms with Gasteiger partial charge in [0.05, 0.1) is 5.56 Å². The number of rotatable bonds is 4. The van der Waals surface area contributed by atoms with E-state index in [4.69, 9.17) is 9.47 Å². The largest absolute Gasteiger partial charge is 0.472 e. The van der Waals surface area contributed by atoms with Crippen molar-refractivity contribution in [3.05, 3.63) is 58.8 Å². The number of aromatic nitrogens is 1. The van der Waals surface area contributed by atoms with Crippen LogP contribution in [0.1, 0.15) is 72.3 Å². The van der Waals surface area contributed by atoms with Gasteiger partial charge in [0.25, 0.3) is 0 Å². The maximum Gasteiger partial charge on any atom is 0.341 e. The Balaban J connectivity index is 1.35. The molecule has 190 valence electrons. The minimum atomic E-state index is -0.352. The average Bonchev–Trinajstić information content (AvgIpc) is 3.22. The summed E-state index contributed by atoms with van der Waals surface area (Å²) in [6.07, 6.45) is 6.56. The van der Waals surface area contributed by atoms with Gasteiger partial charge in [-0.3, -0.25) is 4.90 Å². The second kappa shape index (κ2) is 8.84. The molecule has 2 aromatic carbocycles. The van der Waals surface area contributed by atoms with Crippen LogP contribution in [0.25, 0.3) is 10.9 Å². The fourth-order valence-corrected chi connectivity index (χ4v) is 6.81. The highest BCUT2D eigenvalue weighted by molar-refractivity contribution is 6.07. The summed E-state index contributed by atoms with van der Waals surface area (Å²) in [6, 6.07) is 12.3. The molecule has 3 aliphatic heterocycles. The van der Waals surface area contributed by atoms with Crippen molar-refractivity contribution in [2.24, 2.45) is 5.92 Å². The van der Waals surface area contributed by atoms with E-state index in [-0.39, 0.29) is 17.8 Å². The summed E-state index contributed by atoms with van der Waals surface area (Å²) in [5.41, 5.74) is 5.54. The number of ether oxygens (including phenoxy) is 2. The zero-order valence-corrected chi connectivity index (χ0v) is 21.9. The minimum Gasteiger partial charge on any atom is -0.472 e. The first-order valence-electron chi connectivity index (χ1n) is 13.4. The number of H-pyrrole nitrogens is 1. The standard InChI is InChI=1S/C30H37N3O3/c1-19-27(29(34)35-20(2)21-9-7-11-23(17-21)32(3)4)28-24-18-22-10-8-16-33-15-6-5-14-30(22,33)36-26(24)13-12-25(28)31-19/h7,9,11-13,17,20,22,31H,5-6,8,10,14-16,18H2,1-4H3. The Morgan fingerprint density at radius 3 is 2.86 bits per heavy atom. The van der Waals surface area contributed by atoms with Crippen LogP contribution in [-0.2, 0) is 11.2 Å². The first kappa shape index (κ1) is 23.4. The van der Waals surface area contributed by atoms with Crippen molar-refractivity contribution in [2.45, 2.75) is 64.2 Å². The van der Waals surface area contributed by atoms with Gasteiger partial charge in [-0.2, -0.15) is 0 Å². The van der Waals surface area contributed by atoms with Crippen molar-refractivity contribution in [2.75, 3.05) is 32.1 Å². The SMILES string of the molecule is Cc1[nH]c2ccc3c(c2c1C(=O)OC(C)c1cccc(N(C)C)c1)CC1CCCN2CCCCC12O3. The van der Waals surface area contributed by atoms with Crippen LogP contribution >= 0.6 is 0 Å². The van der Waals surface area contributed by atoms with Gasteiger partial charge < -0.3 is 19.4 Å². The van der Waals surface area contributed by atoms with E-state index in [2.05, 4.69) is 39.0 Å². The fourth-order valence-electron chi connectivity index (χ4n) is 6.81. The van der Waals surface area contributed by atoms with Crippen molar-refractivity contribution in [1.82, 2.24) is 9.88 Å². The molecule has 6 heteroatoms. The molecule has 0 amide bonds. The van der Waals surface area contributed by atoms with E-state index >= 15 is 0 Å². The molecule has 0 radical (unpaired) electrons. The van der Waals surface area contributed by atoms with E-state index in [9.17, 15) is 4.79 Å². The molecule has 1 aromatic heterocycles. The number of aromatic amines is 1. The maximum absolute atomic E-state index is 13.6. The minimum absolute atomic E-state index is 0.171. The number of carbonyl (C=O) groups is 1. The summed E-state index contributed by atoms with van der Waals surface area (Å²) in [4.78, 5) is 21.7. The number of nitrogens with one attached hydrogen (secondary N) is 1. The highest BCUT2D eigenvalue weighted by Gasteiger charge is 2.52. The highest BCUT2D eigenvalue weighted by atomic mass is 16.5. The smallest absolute Gasteiger partial charge is 0.341 e. The third-order valence-corrected chi connectivity index (χ3v) is 8.67.